The van der Waals surface area contributed by atoms with Crippen LogP contribution in [0.3, 0.4) is 0 Å². The Morgan fingerprint density at radius 2 is 2.30 bits per heavy atom. The van der Waals surface area contributed by atoms with Crippen LogP contribution in [0.1, 0.15) is 37.4 Å². The molecule has 0 unspecified atom stereocenters. The Labute approximate surface area is 144 Å². The zero-order valence-corrected chi connectivity index (χ0v) is 14.9. The first-order chi connectivity index (χ1) is 11.1. The fourth-order valence-electron chi connectivity index (χ4n) is 2.10. The van der Waals surface area contributed by atoms with Crippen molar-refractivity contribution in [3.63, 3.8) is 0 Å². The summed E-state index contributed by atoms with van der Waals surface area (Å²) in [7, 11) is 0. The number of H-pyrrole nitrogens is 1. The number of nitrogens with zero attached hydrogens (tertiary/aromatic N) is 2. The van der Waals surface area contributed by atoms with E-state index in [1.807, 2.05) is 25.3 Å². The Hall–Kier alpha value is -1.78. The molecule has 2 aromatic rings. The van der Waals surface area contributed by atoms with E-state index >= 15 is 0 Å². The fraction of sp³-hybridized carbons (Fsp3) is 0.438. The van der Waals surface area contributed by atoms with E-state index in [2.05, 4.69) is 32.5 Å². The van der Waals surface area contributed by atoms with Crippen molar-refractivity contribution >= 4 is 29.0 Å². The maximum Gasteiger partial charge on any atom is 0.231 e. The van der Waals surface area contributed by atoms with Gasteiger partial charge in [0.1, 0.15) is 11.4 Å². The van der Waals surface area contributed by atoms with E-state index in [1.54, 1.807) is 11.3 Å². The highest BCUT2D eigenvalue weighted by molar-refractivity contribution is 7.99. The van der Waals surface area contributed by atoms with Gasteiger partial charge in [-0.25, -0.2) is 4.98 Å². The Bertz CT molecular complexity index is 669. The van der Waals surface area contributed by atoms with Gasteiger partial charge in [0.25, 0.3) is 0 Å². The summed E-state index contributed by atoms with van der Waals surface area (Å²) in [5.41, 5.74) is -0.555. The number of amides is 1. The predicted molar refractivity (Wildman–Crippen MR) is 94.5 cm³/mol. The van der Waals surface area contributed by atoms with Gasteiger partial charge >= 0.3 is 0 Å². The highest BCUT2D eigenvalue weighted by Crippen LogP contribution is 2.18. The van der Waals surface area contributed by atoms with E-state index in [1.165, 1.54) is 16.6 Å². The third-order valence-corrected chi connectivity index (χ3v) is 5.35. The molecule has 2 rings (SSSR count). The standard InChI is InChI=1S/C16H20N4OS2/c1-4-16(5-2,6-3)18-14(21)11-23-15-17-13(19-20-15)10-12-8-7-9-22-12/h1,7-9H,5-6,10-11H2,2-3H3,(H,18,21)(H,17,19,20). The number of hydrogen-bond acceptors (Lipinski definition) is 5. The van der Waals surface area contributed by atoms with Gasteiger partial charge < -0.3 is 5.32 Å². The first-order valence-electron chi connectivity index (χ1n) is 7.46. The monoisotopic (exact) mass is 348 g/mol. The highest BCUT2D eigenvalue weighted by atomic mass is 32.2. The van der Waals surface area contributed by atoms with Crippen molar-refractivity contribution in [1.29, 1.82) is 0 Å². The van der Waals surface area contributed by atoms with E-state index in [9.17, 15) is 4.79 Å². The number of carbonyl (C=O) groups is 1. The normalized spacial score (nSPS) is 11.2. The van der Waals surface area contributed by atoms with Crippen LogP contribution < -0.4 is 5.32 Å². The second-order valence-corrected chi connectivity index (χ2v) is 7.07. The molecule has 1 amide bonds. The molecule has 7 heteroatoms. The minimum atomic E-state index is -0.555. The topological polar surface area (TPSA) is 70.7 Å². The van der Waals surface area contributed by atoms with Gasteiger partial charge in [0.2, 0.25) is 11.1 Å². The number of terminal acetylenes is 1. The van der Waals surface area contributed by atoms with Crippen LogP contribution in [-0.2, 0) is 11.2 Å². The van der Waals surface area contributed by atoms with Gasteiger partial charge in [-0.3, -0.25) is 9.89 Å². The first kappa shape index (κ1) is 17.6. The van der Waals surface area contributed by atoms with Gasteiger partial charge in [0.15, 0.2) is 0 Å². The van der Waals surface area contributed by atoms with Crippen molar-refractivity contribution in [3.05, 3.63) is 28.2 Å². The number of aromatic amines is 1. The molecule has 0 spiro atoms. The van der Waals surface area contributed by atoms with Gasteiger partial charge in [0.05, 0.1) is 5.75 Å². The zero-order valence-electron chi connectivity index (χ0n) is 13.3. The fourth-order valence-corrected chi connectivity index (χ4v) is 3.43. The quantitative estimate of drug-likeness (QED) is 0.568. The average Bonchev–Trinajstić information content (AvgIpc) is 3.23. The average molecular weight is 348 g/mol. The molecule has 0 saturated carbocycles. The van der Waals surface area contributed by atoms with E-state index in [0.29, 0.717) is 18.0 Å². The lowest BCUT2D eigenvalue weighted by Gasteiger charge is -2.26. The molecule has 0 fully saturated rings. The summed E-state index contributed by atoms with van der Waals surface area (Å²) in [6, 6.07) is 4.07. The van der Waals surface area contributed by atoms with Crippen LogP contribution in [0.15, 0.2) is 22.7 Å². The number of thioether (sulfide) groups is 1. The maximum atomic E-state index is 12.1. The summed E-state index contributed by atoms with van der Waals surface area (Å²) in [6.07, 6.45) is 7.70. The molecule has 5 nitrogen and oxygen atoms in total. The van der Waals surface area contributed by atoms with Gasteiger partial charge in [-0.2, -0.15) is 0 Å². The van der Waals surface area contributed by atoms with E-state index in [-0.39, 0.29) is 11.7 Å². The second-order valence-electron chi connectivity index (χ2n) is 5.09. The van der Waals surface area contributed by atoms with Crippen molar-refractivity contribution in [2.75, 3.05) is 5.75 Å². The van der Waals surface area contributed by atoms with Gasteiger partial charge in [-0.1, -0.05) is 37.6 Å². The number of nitrogens with one attached hydrogen (secondary N) is 2. The second kappa shape index (κ2) is 8.18. The molecular weight excluding hydrogens is 328 g/mol. The molecule has 0 radical (unpaired) electrons. The molecule has 0 atom stereocenters. The summed E-state index contributed by atoms with van der Waals surface area (Å²) in [4.78, 5) is 17.7. The molecule has 2 heterocycles. The molecule has 0 saturated heterocycles. The lowest BCUT2D eigenvalue weighted by Crippen LogP contribution is -2.47. The third-order valence-electron chi connectivity index (χ3n) is 3.63. The summed E-state index contributed by atoms with van der Waals surface area (Å²) in [5, 5.41) is 12.6. The Kier molecular flexibility index (Phi) is 6.25. The molecule has 122 valence electrons. The number of hydrogen-bond donors (Lipinski definition) is 2. The molecule has 2 aromatic heterocycles. The maximum absolute atomic E-state index is 12.1. The van der Waals surface area contributed by atoms with E-state index in [0.717, 1.165) is 12.2 Å². The number of thiophene rings is 1. The summed E-state index contributed by atoms with van der Waals surface area (Å²) in [6.45, 7) is 3.95. The van der Waals surface area contributed by atoms with Crippen molar-refractivity contribution in [1.82, 2.24) is 20.5 Å². The number of aromatic nitrogens is 3. The van der Waals surface area contributed by atoms with Crippen LogP contribution in [0, 0.1) is 12.3 Å². The largest absolute Gasteiger partial charge is 0.339 e. The molecular formula is C16H20N4OS2. The van der Waals surface area contributed by atoms with Crippen LogP contribution in [0.2, 0.25) is 0 Å². The lowest BCUT2D eigenvalue weighted by atomic mass is 9.94. The third kappa shape index (κ3) is 4.85. The minimum absolute atomic E-state index is 0.0961. The van der Waals surface area contributed by atoms with E-state index < -0.39 is 5.54 Å². The van der Waals surface area contributed by atoms with E-state index in [4.69, 9.17) is 6.42 Å². The Balaban J connectivity index is 1.85. The Morgan fingerprint density at radius 1 is 1.52 bits per heavy atom. The SMILES string of the molecule is C#CC(CC)(CC)NC(=O)CSc1n[nH]c(Cc2cccs2)n1. The molecule has 0 aliphatic heterocycles. The number of rotatable bonds is 8. The summed E-state index contributed by atoms with van der Waals surface area (Å²) < 4.78 is 0. The summed E-state index contributed by atoms with van der Waals surface area (Å²) >= 11 is 2.99. The van der Waals surface area contributed by atoms with Crippen molar-refractivity contribution < 1.29 is 4.79 Å². The van der Waals surface area contributed by atoms with Crippen LogP contribution in [0.25, 0.3) is 0 Å². The van der Waals surface area contributed by atoms with Crippen molar-refractivity contribution in [3.8, 4) is 12.3 Å². The lowest BCUT2D eigenvalue weighted by molar-refractivity contribution is -0.119. The highest BCUT2D eigenvalue weighted by Gasteiger charge is 2.25. The molecule has 0 aromatic carbocycles. The van der Waals surface area contributed by atoms with Crippen LogP contribution >= 0.6 is 23.1 Å². The molecule has 23 heavy (non-hydrogen) atoms. The predicted octanol–water partition coefficient (Wildman–Crippen LogP) is 2.86. The number of carbonyl (C=O) groups excluding carboxylic acids is 1. The molecule has 0 bridgehead atoms. The smallest absolute Gasteiger partial charge is 0.231 e. The van der Waals surface area contributed by atoms with Gasteiger partial charge in [-0.05, 0) is 24.3 Å². The molecule has 0 aliphatic rings. The molecule has 2 N–H and O–H groups in total. The van der Waals surface area contributed by atoms with Crippen LogP contribution in [0.4, 0.5) is 0 Å². The minimum Gasteiger partial charge on any atom is -0.339 e. The van der Waals surface area contributed by atoms with Crippen molar-refractivity contribution in [2.45, 2.75) is 43.8 Å². The molecule has 0 aliphatic carbocycles. The van der Waals surface area contributed by atoms with Crippen LogP contribution in [0.5, 0.6) is 0 Å². The summed E-state index contributed by atoms with van der Waals surface area (Å²) in [5.74, 6) is 3.65. The zero-order chi connectivity index (χ0) is 16.7. The van der Waals surface area contributed by atoms with Gasteiger partial charge in [-0.15, -0.1) is 22.9 Å². The first-order valence-corrected chi connectivity index (χ1v) is 9.32. The Morgan fingerprint density at radius 3 is 2.91 bits per heavy atom. The van der Waals surface area contributed by atoms with Crippen LogP contribution in [-0.4, -0.2) is 32.4 Å². The van der Waals surface area contributed by atoms with Gasteiger partial charge in [0, 0.05) is 11.3 Å². The van der Waals surface area contributed by atoms with Crippen molar-refractivity contribution in [2.24, 2.45) is 0 Å².